The number of thiophene rings is 1. The van der Waals surface area contributed by atoms with Crippen molar-refractivity contribution >= 4 is 51.3 Å². The van der Waals surface area contributed by atoms with Crippen molar-refractivity contribution in [3.05, 3.63) is 65.5 Å². The molecule has 2 aromatic carbocycles. The molecule has 0 spiro atoms. The number of carbonyl (C=O) groups excluding carboxylic acids is 2. The maximum atomic E-state index is 12.7. The second-order valence-electron chi connectivity index (χ2n) is 7.40. The molecule has 1 aromatic heterocycles. The highest BCUT2D eigenvalue weighted by atomic mass is 32.2. The molecule has 0 saturated heterocycles. The molecule has 2 N–H and O–H groups in total. The lowest BCUT2D eigenvalue weighted by atomic mass is 10.2. The summed E-state index contributed by atoms with van der Waals surface area (Å²) >= 11 is 3.14. The van der Waals surface area contributed by atoms with Crippen molar-refractivity contribution < 1.29 is 9.59 Å². The third-order valence-electron chi connectivity index (χ3n) is 5.17. The molecule has 7 heteroatoms. The number of anilines is 3. The number of fused-ring (bicyclic) bond motifs is 2. The Labute approximate surface area is 183 Å². The highest BCUT2D eigenvalue weighted by Crippen LogP contribution is 2.47. The molecule has 5 nitrogen and oxygen atoms in total. The number of amides is 2. The summed E-state index contributed by atoms with van der Waals surface area (Å²) in [6.45, 7) is 0.565. The lowest BCUT2D eigenvalue weighted by molar-refractivity contribution is -0.116. The van der Waals surface area contributed by atoms with Crippen molar-refractivity contribution in [1.82, 2.24) is 5.32 Å². The molecule has 30 heavy (non-hydrogen) atoms. The number of nitrogens with zero attached hydrogens (tertiary/aromatic N) is 1. The molecule has 3 aromatic rings. The van der Waals surface area contributed by atoms with Crippen LogP contribution in [0, 0.1) is 0 Å². The number of carbonyl (C=O) groups is 2. The molecule has 2 aliphatic rings. The number of benzene rings is 2. The Bertz CT molecular complexity index is 1060. The van der Waals surface area contributed by atoms with E-state index < -0.39 is 0 Å². The van der Waals surface area contributed by atoms with Crippen LogP contribution in [0.2, 0.25) is 0 Å². The van der Waals surface area contributed by atoms with Gasteiger partial charge >= 0.3 is 0 Å². The lowest BCUT2D eigenvalue weighted by Gasteiger charge is -2.32. The van der Waals surface area contributed by atoms with Crippen LogP contribution in [0.5, 0.6) is 0 Å². The summed E-state index contributed by atoms with van der Waals surface area (Å²) in [5.41, 5.74) is 2.79. The molecular weight excluding hydrogens is 414 g/mol. The topological polar surface area (TPSA) is 61.4 Å². The van der Waals surface area contributed by atoms with E-state index in [1.807, 2.05) is 29.6 Å². The third kappa shape index (κ3) is 3.95. The van der Waals surface area contributed by atoms with Crippen LogP contribution in [-0.2, 0) is 4.79 Å². The van der Waals surface area contributed by atoms with Crippen molar-refractivity contribution in [3.8, 4) is 0 Å². The summed E-state index contributed by atoms with van der Waals surface area (Å²) in [5.74, 6) is -0.198. The van der Waals surface area contributed by atoms with Gasteiger partial charge in [-0.15, -0.1) is 11.3 Å². The Balaban J connectivity index is 1.29. The number of hydrogen-bond donors (Lipinski definition) is 2. The van der Waals surface area contributed by atoms with E-state index >= 15 is 0 Å². The normalized spacial score (nSPS) is 14.6. The molecule has 1 fully saturated rings. The minimum atomic E-state index is -0.107. The van der Waals surface area contributed by atoms with Gasteiger partial charge < -0.3 is 15.5 Å². The van der Waals surface area contributed by atoms with Gasteiger partial charge in [0.1, 0.15) is 5.00 Å². The summed E-state index contributed by atoms with van der Waals surface area (Å²) in [6.07, 6.45) is 2.40. The van der Waals surface area contributed by atoms with Gasteiger partial charge in [0.05, 0.1) is 16.9 Å². The Kier molecular flexibility index (Phi) is 5.23. The lowest BCUT2D eigenvalue weighted by Crippen LogP contribution is -2.27. The first kappa shape index (κ1) is 19.2. The summed E-state index contributed by atoms with van der Waals surface area (Å²) < 4.78 is 0. The molecular formula is C23H21N3O2S2. The van der Waals surface area contributed by atoms with Crippen LogP contribution in [0.25, 0.3) is 0 Å². The Morgan fingerprint density at radius 3 is 2.30 bits per heavy atom. The minimum Gasteiger partial charge on any atom is -0.349 e. The predicted molar refractivity (Wildman–Crippen MR) is 122 cm³/mol. The molecule has 2 heterocycles. The van der Waals surface area contributed by atoms with Crippen LogP contribution in [0.15, 0.2) is 69.8 Å². The van der Waals surface area contributed by atoms with Crippen molar-refractivity contribution in [2.45, 2.75) is 35.1 Å². The predicted octanol–water partition coefficient (Wildman–Crippen LogP) is 5.27. The Morgan fingerprint density at radius 2 is 1.63 bits per heavy atom. The van der Waals surface area contributed by atoms with E-state index in [4.69, 9.17) is 0 Å². The van der Waals surface area contributed by atoms with Crippen molar-refractivity contribution in [1.29, 1.82) is 0 Å². The van der Waals surface area contributed by atoms with Crippen LogP contribution in [-0.4, -0.2) is 24.4 Å². The largest absolute Gasteiger partial charge is 0.349 e. The fourth-order valence-corrected chi connectivity index (χ4v) is 5.40. The zero-order valence-electron chi connectivity index (χ0n) is 16.3. The molecule has 2 amide bonds. The fourth-order valence-electron chi connectivity index (χ4n) is 3.50. The van der Waals surface area contributed by atoms with Crippen molar-refractivity contribution in [3.63, 3.8) is 0 Å². The second-order valence-corrected chi connectivity index (χ2v) is 9.40. The van der Waals surface area contributed by atoms with Crippen LogP contribution < -0.4 is 15.5 Å². The molecule has 1 saturated carbocycles. The average Bonchev–Trinajstić information content (AvgIpc) is 3.45. The van der Waals surface area contributed by atoms with Gasteiger partial charge in [0, 0.05) is 28.8 Å². The van der Waals surface area contributed by atoms with Gasteiger partial charge in [-0.1, -0.05) is 36.0 Å². The van der Waals surface area contributed by atoms with Gasteiger partial charge in [0.2, 0.25) is 5.91 Å². The maximum absolute atomic E-state index is 12.7. The van der Waals surface area contributed by atoms with E-state index in [2.05, 4.69) is 39.8 Å². The zero-order valence-corrected chi connectivity index (χ0v) is 17.9. The average molecular weight is 436 g/mol. The molecule has 0 radical (unpaired) electrons. The van der Waals surface area contributed by atoms with Crippen LogP contribution in [0.3, 0.4) is 0 Å². The van der Waals surface area contributed by atoms with Gasteiger partial charge in [-0.25, -0.2) is 0 Å². The molecule has 152 valence electrons. The first-order valence-electron chi connectivity index (χ1n) is 10.0. The minimum absolute atomic E-state index is 0.0916. The van der Waals surface area contributed by atoms with E-state index in [1.54, 1.807) is 17.8 Å². The van der Waals surface area contributed by atoms with E-state index in [0.29, 0.717) is 23.5 Å². The molecule has 0 unspecified atom stereocenters. The monoisotopic (exact) mass is 435 g/mol. The third-order valence-corrected chi connectivity index (χ3v) is 7.13. The molecule has 1 aliphatic carbocycles. The van der Waals surface area contributed by atoms with Gasteiger partial charge in [-0.3, -0.25) is 9.59 Å². The summed E-state index contributed by atoms with van der Waals surface area (Å²) in [4.78, 5) is 29.7. The maximum Gasteiger partial charge on any atom is 0.254 e. The molecule has 0 bridgehead atoms. The van der Waals surface area contributed by atoms with Gasteiger partial charge in [-0.05, 0) is 48.6 Å². The van der Waals surface area contributed by atoms with Gasteiger partial charge in [0.15, 0.2) is 0 Å². The van der Waals surface area contributed by atoms with Crippen molar-refractivity contribution in [2.24, 2.45) is 0 Å². The number of para-hydroxylation sites is 2. The Hall–Kier alpha value is -2.77. The fraction of sp³-hybridized carbons (Fsp3) is 0.217. The quantitative estimate of drug-likeness (QED) is 0.554. The highest BCUT2D eigenvalue weighted by Gasteiger charge is 2.26. The molecule has 1 aliphatic heterocycles. The van der Waals surface area contributed by atoms with E-state index in [9.17, 15) is 9.59 Å². The van der Waals surface area contributed by atoms with E-state index in [0.717, 1.165) is 24.2 Å². The zero-order chi connectivity index (χ0) is 20.5. The van der Waals surface area contributed by atoms with Crippen LogP contribution in [0.4, 0.5) is 16.4 Å². The van der Waals surface area contributed by atoms with Gasteiger partial charge in [-0.2, -0.15) is 0 Å². The molecule has 0 atom stereocenters. The summed E-state index contributed by atoms with van der Waals surface area (Å²) in [7, 11) is 0. The SMILES string of the molecule is O=C(CCN1c2ccccc2Sc2ccccc21)Nc1sccc1C(=O)NC1CC1. The number of rotatable bonds is 6. The highest BCUT2D eigenvalue weighted by molar-refractivity contribution is 7.99. The number of nitrogens with one attached hydrogen (secondary N) is 2. The van der Waals surface area contributed by atoms with E-state index in [-0.39, 0.29) is 17.9 Å². The number of hydrogen-bond acceptors (Lipinski definition) is 5. The van der Waals surface area contributed by atoms with E-state index in [1.165, 1.54) is 21.1 Å². The first-order chi connectivity index (χ1) is 14.7. The molecule has 5 rings (SSSR count). The summed E-state index contributed by atoms with van der Waals surface area (Å²) in [5, 5.41) is 8.38. The van der Waals surface area contributed by atoms with Crippen molar-refractivity contribution in [2.75, 3.05) is 16.8 Å². The summed E-state index contributed by atoms with van der Waals surface area (Å²) in [6, 6.07) is 18.6. The van der Waals surface area contributed by atoms with Gasteiger partial charge in [0.25, 0.3) is 5.91 Å². The van der Waals surface area contributed by atoms with Crippen LogP contribution in [0.1, 0.15) is 29.6 Å². The first-order valence-corrected chi connectivity index (χ1v) is 11.7. The smallest absolute Gasteiger partial charge is 0.254 e. The Morgan fingerprint density at radius 1 is 0.967 bits per heavy atom. The second kappa shape index (κ2) is 8.16. The van der Waals surface area contributed by atoms with Crippen LogP contribution >= 0.6 is 23.1 Å². The standard InChI is InChI=1S/C23H21N3O2S2/c27-21(25-23-16(12-14-29-23)22(28)24-15-9-10-15)11-13-26-17-5-1-3-7-19(17)30-20-8-4-2-6-18(20)26/h1-8,12,14-15H,9-11,13H2,(H,24,28)(H,25,27).